The molecule has 2 heterocycles. The summed E-state index contributed by atoms with van der Waals surface area (Å²) >= 11 is 4.21. The van der Waals surface area contributed by atoms with Crippen LogP contribution in [0.15, 0.2) is 23.4 Å². The van der Waals surface area contributed by atoms with E-state index in [0.717, 1.165) is 11.3 Å². The Morgan fingerprint density at radius 3 is 2.80 bits per heavy atom. The first kappa shape index (κ1) is 15.0. The van der Waals surface area contributed by atoms with Crippen molar-refractivity contribution in [3.63, 3.8) is 0 Å². The molecule has 0 radical (unpaired) electrons. The van der Waals surface area contributed by atoms with E-state index in [9.17, 15) is 4.79 Å². The minimum atomic E-state index is -0.470. The second kappa shape index (κ2) is 5.91. The van der Waals surface area contributed by atoms with Gasteiger partial charge in [0, 0.05) is 17.6 Å². The molecule has 0 bridgehead atoms. The SMILES string of the molecule is CC(C)(C)OC(=O)N1CC[C@H]1COc1cncc(S)c1. The summed E-state index contributed by atoms with van der Waals surface area (Å²) < 4.78 is 11.0. The molecule has 0 N–H and O–H groups in total. The third-order valence-corrected chi connectivity index (χ3v) is 3.16. The molecular formula is C14H20N2O3S. The standard InChI is InChI=1S/C14H20N2O3S/c1-14(2,3)19-13(17)16-5-4-10(16)9-18-11-6-12(20)8-15-7-11/h6-8,10,20H,4-5,9H2,1-3H3/t10-/m0/s1. The minimum absolute atomic E-state index is 0.0634. The first-order valence-corrected chi connectivity index (χ1v) is 7.06. The highest BCUT2D eigenvalue weighted by Gasteiger charge is 2.35. The Bertz CT molecular complexity index is 488. The normalized spacial score (nSPS) is 18.4. The molecule has 1 aliphatic heterocycles. The van der Waals surface area contributed by atoms with Gasteiger partial charge >= 0.3 is 6.09 Å². The largest absolute Gasteiger partial charge is 0.490 e. The Morgan fingerprint density at radius 1 is 1.50 bits per heavy atom. The van der Waals surface area contributed by atoms with Gasteiger partial charge in [-0.2, -0.15) is 0 Å². The zero-order valence-electron chi connectivity index (χ0n) is 12.0. The Balaban J connectivity index is 1.84. The number of nitrogens with zero attached hydrogens (tertiary/aromatic N) is 2. The van der Waals surface area contributed by atoms with Gasteiger partial charge in [0.2, 0.25) is 0 Å². The lowest BCUT2D eigenvalue weighted by Crippen LogP contribution is -2.55. The monoisotopic (exact) mass is 296 g/mol. The molecule has 0 spiro atoms. The van der Waals surface area contributed by atoms with Crippen LogP contribution < -0.4 is 4.74 Å². The quantitative estimate of drug-likeness (QED) is 0.871. The van der Waals surface area contributed by atoms with E-state index in [2.05, 4.69) is 17.6 Å². The lowest BCUT2D eigenvalue weighted by Gasteiger charge is -2.40. The Labute approximate surface area is 124 Å². The number of hydrogen-bond acceptors (Lipinski definition) is 5. The zero-order valence-corrected chi connectivity index (χ0v) is 12.9. The molecule has 0 aliphatic carbocycles. The first-order valence-electron chi connectivity index (χ1n) is 6.61. The molecule has 1 aromatic heterocycles. The van der Waals surface area contributed by atoms with E-state index in [-0.39, 0.29) is 12.1 Å². The van der Waals surface area contributed by atoms with Crippen LogP contribution >= 0.6 is 12.6 Å². The van der Waals surface area contributed by atoms with Crippen LogP contribution in [0.4, 0.5) is 4.79 Å². The maximum Gasteiger partial charge on any atom is 0.410 e. The van der Waals surface area contributed by atoms with Crippen LogP contribution in [0.25, 0.3) is 0 Å². The molecule has 2 rings (SSSR count). The van der Waals surface area contributed by atoms with E-state index in [1.165, 1.54) is 0 Å². The van der Waals surface area contributed by atoms with E-state index in [0.29, 0.717) is 18.9 Å². The fourth-order valence-corrected chi connectivity index (χ4v) is 2.05. The number of pyridine rings is 1. The molecule has 1 saturated heterocycles. The van der Waals surface area contributed by atoms with Gasteiger partial charge in [-0.25, -0.2) is 4.79 Å². The van der Waals surface area contributed by atoms with Gasteiger partial charge in [-0.15, -0.1) is 12.6 Å². The molecular weight excluding hydrogens is 276 g/mol. The number of rotatable bonds is 3. The summed E-state index contributed by atoms with van der Waals surface area (Å²) in [6.07, 6.45) is 3.92. The second-order valence-corrected chi connectivity index (χ2v) is 6.32. The summed E-state index contributed by atoms with van der Waals surface area (Å²) in [6, 6.07) is 1.86. The third-order valence-electron chi connectivity index (χ3n) is 2.91. The third kappa shape index (κ3) is 4.03. The predicted octanol–water partition coefficient (Wildman–Crippen LogP) is 2.76. The van der Waals surface area contributed by atoms with Crippen LogP contribution in [0.1, 0.15) is 27.2 Å². The molecule has 0 aromatic carbocycles. The highest BCUT2D eigenvalue weighted by atomic mass is 32.1. The van der Waals surface area contributed by atoms with Crippen molar-refractivity contribution in [2.45, 2.75) is 43.7 Å². The fraction of sp³-hybridized carbons (Fsp3) is 0.571. The van der Waals surface area contributed by atoms with Crippen LogP contribution in [0.5, 0.6) is 5.75 Å². The fourth-order valence-electron chi connectivity index (χ4n) is 1.85. The van der Waals surface area contributed by atoms with Crippen molar-refractivity contribution in [3.05, 3.63) is 18.5 Å². The average molecular weight is 296 g/mol. The first-order chi connectivity index (χ1) is 9.35. The molecule has 1 atom stereocenters. The lowest BCUT2D eigenvalue weighted by atomic mass is 10.1. The van der Waals surface area contributed by atoms with Gasteiger partial charge < -0.3 is 14.4 Å². The topological polar surface area (TPSA) is 51.7 Å². The van der Waals surface area contributed by atoms with Crippen molar-refractivity contribution in [2.24, 2.45) is 0 Å². The summed E-state index contributed by atoms with van der Waals surface area (Å²) in [5.41, 5.74) is -0.470. The van der Waals surface area contributed by atoms with Crippen molar-refractivity contribution in [1.29, 1.82) is 0 Å². The molecule has 5 nitrogen and oxygen atoms in total. The summed E-state index contributed by atoms with van der Waals surface area (Å²) in [5, 5.41) is 0. The summed E-state index contributed by atoms with van der Waals surface area (Å²) in [7, 11) is 0. The molecule has 1 aromatic rings. The van der Waals surface area contributed by atoms with Crippen molar-refractivity contribution >= 4 is 18.7 Å². The number of thiol groups is 1. The van der Waals surface area contributed by atoms with Gasteiger partial charge in [0.15, 0.2) is 0 Å². The molecule has 0 saturated carbocycles. The molecule has 1 amide bonds. The Kier molecular flexibility index (Phi) is 4.42. The van der Waals surface area contributed by atoms with E-state index < -0.39 is 5.60 Å². The average Bonchev–Trinajstić information content (AvgIpc) is 2.24. The van der Waals surface area contributed by atoms with Gasteiger partial charge in [0.25, 0.3) is 0 Å². The smallest absolute Gasteiger partial charge is 0.410 e. The number of carbonyl (C=O) groups is 1. The van der Waals surface area contributed by atoms with Gasteiger partial charge in [-0.1, -0.05) is 0 Å². The van der Waals surface area contributed by atoms with E-state index in [1.54, 1.807) is 23.4 Å². The van der Waals surface area contributed by atoms with Crippen LogP contribution in [-0.4, -0.2) is 40.8 Å². The molecule has 1 aliphatic rings. The number of carbonyl (C=O) groups excluding carboxylic acids is 1. The number of aromatic nitrogens is 1. The number of likely N-dealkylation sites (tertiary alicyclic amines) is 1. The van der Waals surface area contributed by atoms with Crippen molar-refractivity contribution in [3.8, 4) is 5.75 Å². The van der Waals surface area contributed by atoms with Crippen molar-refractivity contribution in [2.75, 3.05) is 13.2 Å². The summed E-state index contributed by atoms with van der Waals surface area (Å²) in [6.45, 7) is 6.74. The molecule has 6 heteroatoms. The highest BCUT2D eigenvalue weighted by Crippen LogP contribution is 2.22. The van der Waals surface area contributed by atoms with E-state index in [1.807, 2.05) is 20.8 Å². The predicted molar refractivity (Wildman–Crippen MR) is 78.3 cm³/mol. The Morgan fingerprint density at radius 2 is 2.25 bits per heavy atom. The van der Waals surface area contributed by atoms with Crippen LogP contribution in [-0.2, 0) is 4.74 Å². The van der Waals surface area contributed by atoms with Crippen LogP contribution in [0.3, 0.4) is 0 Å². The molecule has 20 heavy (non-hydrogen) atoms. The highest BCUT2D eigenvalue weighted by molar-refractivity contribution is 7.80. The van der Waals surface area contributed by atoms with Crippen molar-refractivity contribution < 1.29 is 14.3 Å². The lowest BCUT2D eigenvalue weighted by molar-refractivity contribution is -0.0141. The zero-order chi connectivity index (χ0) is 14.8. The van der Waals surface area contributed by atoms with Crippen LogP contribution in [0.2, 0.25) is 0 Å². The maximum atomic E-state index is 11.9. The van der Waals surface area contributed by atoms with E-state index >= 15 is 0 Å². The van der Waals surface area contributed by atoms with Gasteiger partial charge in [0.1, 0.15) is 18.0 Å². The Hall–Kier alpha value is -1.43. The van der Waals surface area contributed by atoms with Gasteiger partial charge in [0.05, 0.1) is 12.2 Å². The number of amides is 1. The molecule has 110 valence electrons. The number of ether oxygens (including phenoxy) is 2. The van der Waals surface area contributed by atoms with E-state index in [4.69, 9.17) is 9.47 Å². The molecule has 1 fully saturated rings. The second-order valence-electron chi connectivity index (χ2n) is 5.81. The minimum Gasteiger partial charge on any atom is -0.490 e. The van der Waals surface area contributed by atoms with Gasteiger partial charge in [-0.05, 0) is 33.3 Å². The van der Waals surface area contributed by atoms with Gasteiger partial charge in [-0.3, -0.25) is 4.98 Å². The number of hydrogen-bond donors (Lipinski definition) is 1. The summed E-state index contributed by atoms with van der Waals surface area (Å²) in [5.74, 6) is 0.661. The maximum absolute atomic E-state index is 11.9. The van der Waals surface area contributed by atoms with Crippen molar-refractivity contribution in [1.82, 2.24) is 9.88 Å². The summed E-state index contributed by atoms with van der Waals surface area (Å²) in [4.78, 5) is 18.4. The molecule has 0 unspecified atom stereocenters. The van der Waals surface area contributed by atoms with Crippen LogP contribution in [0, 0.1) is 0 Å².